The third-order valence-electron chi connectivity index (χ3n) is 6.20. The summed E-state index contributed by atoms with van der Waals surface area (Å²) in [5.41, 5.74) is 5.33. The van der Waals surface area contributed by atoms with E-state index in [4.69, 9.17) is 9.72 Å². The maximum atomic E-state index is 5.67. The average molecular weight is 412 g/mol. The lowest BCUT2D eigenvalue weighted by molar-refractivity contribution is 0.136. The molecule has 1 aliphatic carbocycles. The van der Waals surface area contributed by atoms with Crippen LogP contribution in [-0.4, -0.2) is 47.2 Å². The first-order chi connectivity index (χ1) is 14.1. The topological polar surface area (TPSA) is 28.6 Å². The van der Waals surface area contributed by atoms with Crippen LogP contribution in [0.4, 0.5) is 0 Å². The number of hydrogen-bond donors (Lipinski definition) is 0. The third-order valence-corrected chi connectivity index (χ3v) is 7.11. The molecule has 1 saturated carbocycles. The quantitative estimate of drug-likeness (QED) is 0.582. The molecular weight excluding hydrogens is 378 g/mol. The fraction of sp³-hybridized carbons (Fsp3) is 0.542. The van der Waals surface area contributed by atoms with Crippen LogP contribution in [0.3, 0.4) is 0 Å². The van der Waals surface area contributed by atoms with Crippen LogP contribution in [0.2, 0.25) is 0 Å². The second-order valence-corrected chi connectivity index (χ2v) is 9.38. The number of aromatic nitrogens is 1. The predicted octanol–water partition coefficient (Wildman–Crippen LogP) is 5.23. The largest absolute Gasteiger partial charge is 0.496 e. The molecule has 2 aliphatic rings. The van der Waals surface area contributed by atoms with Gasteiger partial charge in [-0.2, -0.15) is 0 Å². The van der Waals surface area contributed by atoms with E-state index in [1.807, 2.05) is 11.9 Å². The Morgan fingerprint density at radius 3 is 2.66 bits per heavy atom. The maximum absolute atomic E-state index is 5.67. The summed E-state index contributed by atoms with van der Waals surface area (Å²) in [6, 6.07) is 11.5. The molecule has 2 fully saturated rings. The first-order valence-corrected chi connectivity index (χ1v) is 11.9. The van der Waals surface area contributed by atoms with E-state index < -0.39 is 0 Å². The second-order valence-electron chi connectivity index (χ2n) is 8.55. The van der Waals surface area contributed by atoms with Gasteiger partial charge in [0, 0.05) is 44.0 Å². The lowest BCUT2D eigenvalue weighted by Crippen LogP contribution is -2.45. The summed E-state index contributed by atoms with van der Waals surface area (Å²) in [6.07, 6.45) is 6.79. The highest BCUT2D eigenvalue weighted by Gasteiger charge is 2.31. The minimum atomic E-state index is 0.407. The Morgan fingerprint density at radius 1 is 1.17 bits per heavy atom. The average Bonchev–Trinajstić information content (AvgIpc) is 3.59. The molecule has 156 valence electrons. The molecule has 29 heavy (non-hydrogen) atoms. The highest BCUT2D eigenvalue weighted by molar-refractivity contribution is 7.96. The fourth-order valence-corrected chi connectivity index (χ4v) is 5.16. The van der Waals surface area contributed by atoms with Crippen molar-refractivity contribution >= 4 is 11.9 Å². The minimum Gasteiger partial charge on any atom is -0.496 e. The van der Waals surface area contributed by atoms with Crippen LogP contribution in [-0.2, 0) is 6.54 Å². The lowest BCUT2D eigenvalue weighted by atomic mass is 9.92. The van der Waals surface area contributed by atoms with E-state index in [0.717, 1.165) is 37.6 Å². The van der Waals surface area contributed by atoms with Gasteiger partial charge in [-0.05, 0) is 42.1 Å². The molecule has 4 nitrogen and oxygen atoms in total. The van der Waals surface area contributed by atoms with Crippen molar-refractivity contribution in [3.05, 3.63) is 58.9 Å². The molecule has 1 atom stereocenters. The van der Waals surface area contributed by atoms with Crippen molar-refractivity contribution in [2.45, 2.75) is 51.1 Å². The molecule has 1 aromatic carbocycles. The summed E-state index contributed by atoms with van der Waals surface area (Å²) in [5, 5.41) is 0. The maximum Gasteiger partial charge on any atom is 0.125 e. The van der Waals surface area contributed by atoms with Gasteiger partial charge in [-0.15, -0.1) is 0 Å². The number of nitrogens with zero attached hydrogens (tertiary/aromatic N) is 3. The Labute approximate surface area is 179 Å². The van der Waals surface area contributed by atoms with Gasteiger partial charge in [0.05, 0.1) is 18.8 Å². The Balaban J connectivity index is 1.53. The molecule has 1 unspecified atom stereocenters. The van der Waals surface area contributed by atoms with Gasteiger partial charge in [-0.25, -0.2) is 4.31 Å². The van der Waals surface area contributed by atoms with Crippen molar-refractivity contribution in [1.82, 2.24) is 14.2 Å². The summed E-state index contributed by atoms with van der Waals surface area (Å²) in [5.74, 6) is 2.21. The Morgan fingerprint density at radius 2 is 1.97 bits per heavy atom. The molecule has 4 rings (SSSR count). The zero-order chi connectivity index (χ0) is 20.4. The molecule has 0 bridgehead atoms. The lowest BCUT2D eigenvalue weighted by Gasteiger charge is -2.41. The Hall–Kier alpha value is -1.56. The van der Waals surface area contributed by atoms with Gasteiger partial charge >= 0.3 is 0 Å². The molecule has 1 aliphatic heterocycles. The smallest absolute Gasteiger partial charge is 0.125 e. The monoisotopic (exact) mass is 411 g/mol. The zero-order valence-electron chi connectivity index (χ0n) is 18.1. The Kier molecular flexibility index (Phi) is 6.47. The van der Waals surface area contributed by atoms with Crippen LogP contribution >= 0.6 is 11.9 Å². The van der Waals surface area contributed by atoms with E-state index in [1.165, 1.54) is 29.5 Å². The van der Waals surface area contributed by atoms with E-state index in [2.05, 4.69) is 65.8 Å². The fourth-order valence-electron chi connectivity index (χ4n) is 4.46. The molecule has 0 radical (unpaired) electrons. The third kappa shape index (κ3) is 4.62. The standard InChI is InChI=1S/C24H33N3OS/c1-17(2)20-7-5-6-8-21(20)23-16-26(11-12-27(23)29-4)15-19-13-24(28-3)22(14-25-19)18-9-10-18/h5-8,13-14,17-18,23H,9-12,15-16H2,1-4H3. The number of pyridine rings is 1. The van der Waals surface area contributed by atoms with Crippen molar-refractivity contribution in [3.63, 3.8) is 0 Å². The first kappa shape index (κ1) is 20.7. The first-order valence-electron chi connectivity index (χ1n) is 10.8. The summed E-state index contributed by atoms with van der Waals surface area (Å²) < 4.78 is 8.22. The summed E-state index contributed by atoms with van der Waals surface area (Å²) in [4.78, 5) is 7.33. The number of ether oxygens (including phenoxy) is 1. The summed E-state index contributed by atoms with van der Waals surface area (Å²) in [6.45, 7) is 8.62. The number of rotatable bonds is 7. The van der Waals surface area contributed by atoms with Crippen LogP contribution in [0.5, 0.6) is 5.75 Å². The van der Waals surface area contributed by atoms with Gasteiger partial charge in [0.2, 0.25) is 0 Å². The number of methoxy groups -OCH3 is 1. The van der Waals surface area contributed by atoms with Crippen molar-refractivity contribution < 1.29 is 4.74 Å². The molecule has 1 saturated heterocycles. The highest BCUT2D eigenvalue weighted by Crippen LogP contribution is 2.44. The molecule has 2 aromatic rings. The van der Waals surface area contributed by atoms with Crippen molar-refractivity contribution in [1.29, 1.82) is 0 Å². The van der Waals surface area contributed by atoms with Gasteiger partial charge in [0.25, 0.3) is 0 Å². The van der Waals surface area contributed by atoms with Crippen molar-refractivity contribution in [2.75, 3.05) is 33.0 Å². The minimum absolute atomic E-state index is 0.407. The SMILES string of the molecule is COc1cc(CN2CCN(SC)C(c3ccccc3C(C)C)C2)ncc1C1CC1. The number of hydrogen-bond acceptors (Lipinski definition) is 5. The van der Waals surface area contributed by atoms with Crippen LogP contribution in [0, 0.1) is 0 Å². The summed E-state index contributed by atoms with van der Waals surface area (Å²) in [7, 11) is 1.78. The predicted molar refractivity (Wildman–Crippen MR) is 122 cm³/mol. The van der Waals surface area contributed by atoms with Crippen LogP contribution in [0.15, 0.2) is 36.5 Å². The van der Waals surface area contributed by atoms with E-state index in [9.17, 15) is 0 Å². The molecule has 1 aromatic heterocycles. The van der Waals surface area contributed by atoms with Crippen molar-refractivity contribution in [3.8, 4) is 5.75 Å². The molecular formula is C24H33N3OS. The normalized spacial score (nSPS) is 20.9. The van der Waals surface area contributed by atoms with Gasteiger partial charge in [-0.3, -0.25) is 9.88 Å². The highest BCUT2D eigenvalue weighted by atomic mass is 32.2. The van der Waals surface area contributed by atoms with E-state index in [0.29, 0.717) is 17.9 Å². The Bertz CT molecular complexity index is 837. The second kappa shape index (κ2) is 9.07. The van der Waals surface area contributed by atoms with Crippen LogP contribution in [0.1, 0.15) is 67.0 Å². The van der Waals surface area contributed by atoms with Crippen molar-refractivity contribution in [2.24, 2.45) is 0 Å². The van der Waals surface area contributed by atoms with E-state index in [1.54, 1.807) is 7.11 Å². The molecule has 0 amide bonds. The van der Waals surface area contributed by atoms with Gasteiger partial charge in [-0.1, -0.05) is 50.1 Å². The van der Waals surface area contributed by atoms with Gasteiger partial charge in [0.15, 0.2) is 0 Å². The van der Waals surface area contributed by atoms with Gasteiger partial charge in [0.1, 0.15) is 5.75 Å². The number of benzene rings is 1. The van der Waals surface area contributed by atoms with Crippen LogP contribution in [0.25, 0.3) is 0 Å². The van der Waals surface area contributed by atoms with E-state index in [-0.39, 0.29) is 0 Å². The molecule has 0 spiro atoms. The van der Waals surface area contributed by atoms with Gasteiger partial charge < -0.3 is 4.74 Å². The van der Waals surface area contributed by atoms with E-state index >= 15 is 0 Å². The molecule has 0 N–H and O–H groups in total. The summed E-state index contributed by atoms with van der Waals surface area (Å²) >= 11 is 1.87. The molecule has 2 heterocycles. The van der Waals surface area contributed by atoms with Crippen LogP contribution < -0.4 is 4.74 Å². The zero-order valence-corrected chi connectivity index (χ0v) is 18.9. The number of piperazine rings is 1. The molecule has 5 heteroatoms.